The molecule has 20 heteroatoms. The summed E-state index contributed by atoms with van der Waals surface area (Å²) in [6.45, 7) is 0.600. The molecule has 1 aromatic heterocycles. The van der Waals surface area contributed by atoms with Gasteiger partial charge in [-0.15, -0.1) is 0 Å². The number of hydrogen-bond donors (Lipinski definition) is 8. The van der Waals surface area contributed by atoms with Gasteiger partial charge in [-0.1, -0.05) is 0 Å². The van der Waals surface area contributed by atoms with Crippen LogP contribution < -0.4 is 19.6 Å². The van der Waals surface area contributed by atoms with Gasteiger partial charge in [-0.05, 0) is 12.1 Å². The second kappa shape index (κ2) is 16.0. The van der Waals surface area contributed by atoms with Gasteiger partial charge in [0.1, 0.15) is 71.8 Å². The minimum atomic E-state index is -2.10. The van der Waals surface area contributed by atoms with Crippen LogP contribution in [0, 0.1) is 0 Å². The monoisotopic (exact) mass is 754 g/mol. The minimum absolute atomic E-state index is 0.0287. The van der Waals surface area contributed by atoms with Gasteiger partial charge in [-0.25, -0.2) is 0 Å². The number of esters is 2. The number of aliphatic hydroxyl groups excluding tert-OH is 5. The van der Waals surface area contributed by atoms with Gasteiger partial charge < -0.3 is 83.2 Å². The highest BCUT2D eigenvalue weighted by atomic mass is 16.7. The van der Waals surface area contributed by atoms with E-state index in [2.05, 4.69) is 0 Å². The molecule has 0 spiro atoms. The Morgan fingerprint density at radius 2 is 1.43 bits per heavy atom. The number of methoxy groups -OCH3 is 2. The van der Waals surface area contributed by atoms with Crippen LogP contribution in [0.4, 0.5) is 0 Å². The fourth-order valence-corrected chi connectivity index (χ4v) is 5.86. The Labute approximate surface area is 298 Å². The molecule has 3 aromatic rings. The second-order valence-electron chi connectivity index (χ2n) is 12.0. The quantitative estimate of drug-likeness (QED) is 0.106. The molecule has 8 N–H and O–H groups in total. The number of hydrogen-bond acceptors (Lipinski definition) is 20. The molecule has 0 bridgehead atoms. The van der Waals surface area contributed by atoms with Crippen LogP contribution >= 0.6 is 0 Å². The van der Waals surface area contributed by atoms with Crippen molar-refractivity contribution in [2.45, 2.75) is 75.3 Å². The summed E-state index contributed by atoms with van der Waals surface area (Å²) in [7, 11) is 2.46. The van der Waals surface area contributed by atoms with E-state index in [0.29, 0.717) is 0 Å². The normalized spacial score (nSPS) is 28.6. The number of phenolic OH excluding ortho intramolecular Hbond substituents is 3. The van der Waals surface area contributed by atoms with Crippen LogP contribution in [0.2, 0.25) is 0 Å². The molecule has 0 amide bonds. The topological polar surface area (TPSA) is 300 Å². The Morgan fingerprint density at radius 3 is 2.02 bits per heavy atom. The van der Waals surface area contributed by atoms with Crippen molar-refractivity contribution in [3.63, 3.8) is 0 Å². The first kappa shape index (κ1) is 39.3. The molecule has 2 saturated heterocycles. The first-order valence-electron chi connectivity index (χ1n) is 15.8. The third-order valence-corrected chi connectivity index (χ3v) is 8.40. The lowest BCUT2D eigenvalue weighted by Crippen LogP contribution is -2.65. The third-order valence-electron chi connectivity index (χ3n) is 8.40. The van der Waals surface area contributed by atoms with Gasteiger partial charge in [0.2, 0.25) is 23.2 Å². The van der Waals surface area contributed by atoms with Crippen molar-refractivity contribution in [2.24, 2.45) is 0 Å². The van der Waals surface area contributed by atoms with Crippen LogP contribution in [0.25, 0.3) is 22.3 Å². The molecule has 290 valence electrons. The number of carbonyl (C=O) groups is 2. The SMILES string of the molecule is COc1cc(-c2oc3cc(O)cc(O)c3c(=O)c2OC2OC(CO)C(O)C(OC3OC(COC(C)=O)C(OC(C)=O)C(O)C3O)C2O)cc(OC)c1O. The Hall–Kier alpha value is -4.93. The largest absolute Gasteiger partial charge is 0.508 e. The summed E-state index contributed by atoms with van der Waals surface area (Å²) in [6, 6.07) is 4.33. The first-order chi connectivity index (χ1) is 25.1. The first-order valence-corrected chi connectivity index (χ1v) is 15.8. The van der Waals surface area contributed by atoms with Gasteiger partial charge in [-0.3, -0.25) is 14.4 Å². The lowest BCUT2D eigenvalue weighted by atomic mass is 9.96. The summed E-state index contributed by atoms with van der Waals surface area (Å²) >= 11 is 0. The molecule has 2 aliphatic heterocycles. The van der Waals surface area contributed by atoms with E-state index in [1.54, 1.807) is 0 Å². The highest BCUT2D eigenvalue weighted by Gasteiger charge is 2.53. The highest BCUT2D eigenvalue weighted by Crippen LogP contribution is 2.44. The van der Waals surface area contributed by atoms with Crippen LogP contribution in [0.5, 0.6) is 34.5 Å². The molecule has 3 heterocycles. The summed E-state index contributed by atoms with van der Waals surface area (Å²) in [5, 5.41) is 85.0. The van der Waals surface area contributed by atoms with Crippen LogP contribution in [0.1, 0.15) is 13.8 Å². The molecular weight excluding hydrogens is 716 g/mol. The number of aromatic hydroxyl groups is 3. The maximum Gasteiger partial charge on any atom is 0.303 e. The maximum atomic E-state index is 14.0. The molecule has 2 aliphatic rings. The van der Waals surface area contributed by atoms with E-state index in [1.807, 2.05) is 0 Å². The molecule has 53 heavy (non-hydrogen) atoms. The molecule has 2 fully saturated rings. The number of ether oxygens (including phenoxy) is 8. The number of phenols is 3. The van der Waals surface area contributed by atoms with Crippen LogP contribution in [0.15, 0.2) is 33.5 Å². The highest BCUT2D eigenvalue weighted by molar-refractivity contribution is 5.88. The molecule has 0 radical (unpaired) electrons. The fraction of sp³-hybridized carbons (Fsp3) is 0.485. The summed E-state index contributed by atoms with van der Waals surface area (Å²) < 4.78 is 49.2. The van der Waals surface area contributed by atoms with E-state index in [4.69, 9.17) is 42.3 Å². The van der Waals surface area contributed by atoms with Crippen LogP contribution in [-0.2, 0) is 33.3 Å². The van der Waals surface area contributed by atoms with Gasteiger partial charge in [0.25, 0.3) is 0 Å². The van der Waals surface area contributed by atoms with E-state index in [0.717, 1.165) is 26.0 Å². The zero-order valence-corrected chi connectivity index (χ0v) is 28.5. The molecular formula is C33H38O20. The predicted octanol–water partition coefficient (Wildman–Crippen LogP) is -1.26. The van der Waals surface area contributed by atoms with Crippen molar-refractivity contribution >= 4 is 22.9 Å². The Morgan fingerprint density at radius 1 is 0.792 bits per heavy atom. The number of benzene rings is 2. The minimum Gasteiger partial charge on any atom is -0.508 e. The van der Waals surface area contributed by atoms with E-state index in [9.17, 15) is 55.2 Å². The molecule has 20 nitrogen and oxygen atoms in total. The van der Waals surface area contributed by atoms with E-state index < -0.39 is 126 Å². The van der Waals surface area contributed by atoms with Crippen molar-refractivity contribution < 1.29 is 92.8 Å². The number of rotatable bonds is 11. The number of aliphatic hydroxyl groups is 5. The van der Waals surface area contributed by atoms with Crippen LogP contribution in [-0.4, -0.2) is 142 Å². The summed E-state index contributed by atoms with van der Waals surface area (Å²) in [6.07, 6.45) is -18.2. The zero-order chi connectivity index (χ0) is 38.9. The molecule has 0 saturated carbocycles. The van der Waals surface area contributed by atoms with E-state index in [1.165, 1.54) is 26.4 Å². The third kappa shape index (κ3) is 7.89. The van der Waals surface area contributed by atoms with Crippen molar-refractivity contribution in [3.05, 3.63) is 34.5 Å². The Bertz CT molecular complexity index is 1850. The summed E-state index contributed by atoms with van der Waals surface area (Å²) in [5.74, 6) is -4.71. The van der Waals surface area contributed by atoms with Gasteiger partial charge >= 0.3 is 11.9 Å². The average Bonchev–Trinajstić information content (AvgIpc) is 3.10. The fourth-order valence-electron chi connectivity index (χ4n) is 5.86. The second-order valence-corrected chi connectivity index (χ2v) is 12.0. The van der Waals surface area contributed by atoms with Crippen LogP contribution in [0.3, 0.4) is 0 Å². The molecule has 10 atom stereocenters. The Kier molecular flexibility index (Phi) is 11.8. The number of fused-ring (bicyclic) bond motifs is 1. The molecule has 0 aliphatic carbocycles. The predicted molar refractivity (Wildman–Crippen MR) is 172 cm³/mol. The zero-order valence-electron chi connectivity index (χ0n) is 28.5. The standard InChI is InChI=1S/C33H38O20/c1-11(35)47-10-20-29(48-12(2)36)25(42)26(43)32(51-20)52-30-23(40)19(9-34)50-33(27(30)44)53-31-24(41)21-15(38)7-14(37)8-16(21)49-28(31)13-5-17(45-3)22(39)18(6-13)46-4/h5-8,19-20,23,25-27,29-30,32-34,37-40,42-44H,9-10H2,1-4H3. The maximum absolute atomic E-state index is 14.0. The van der Waals surface area contributed by atoms with E-state index >= 15 is 0 Å². The summed E-state index contributed by atoms with van der Waals surface area (Å²) in [5.41, 5.74) is -1.42. The lowest BCUT2D eigenvalue weighted by molar-refractivity contribution is -0.353. The van der Waals surface area contributed by atoms with Gasteiger partial charge in [0.15, 0.2) is 29.7 Å². The smallest absolute Gasteiger partial charge is 0.303 e. The number of carbonyl (C=O) groups excluding carboxylic acids is 2. The molecule has 2 aromatic carbocycles. The van der Waals surface area contributed by atoms with Crippen molar-refractivity contribution in [1.29, 1.82) is 0 Å². The van der Waals surface area contributed by atoms with Gasteiger partial charge in [0, 0.05) is 31.5 Å². The van der Waals surface area contributed by atoms with Crippen molar-refractivity contribution in [1.82, 2.24) is 0 Å². The Balaban J connectivity index is 1.55. The van der Waals surface area contributed by atoms with Crippen molar-refractivity contribution in [3.8, 4) is 45.8 Å². The van der Waals surface area contributed by atoms with Gasteiger partial charge in [0.05, 0.1) is 20.8 Å². The average molecular weight is 755 g/mol. The van der Waals surface area contributed by atoms with E-state index in [-0.39, 0.29) is 22.6 Å². The summed E-state index contributed by atoms with van der Waals surface area (Å²) in [4.78, 5) is 37.2. The lowest BCUT2D eigenvalue weighted by Gasteiger charge is -2.46. The molecule has 10 unspecified atom stereocenters. The van der Waals surface area contributed by atoms with Gasteiger partial charge in [-0.2, -0.15) is 0 Å². The van der Waals surface area contributed by atoms with Crippen molar-refractivity contribution in [2.75, 3.05) is 27.4 Å². The molecule has 5 rings (SSSR count).